The quantitative estimate of drug-likeness (QED) is 0.176. The van der Waals surface area contributed by atoms with E-state index in [0.29, 0.717) is 5.82 Å². The van der Waals surface area contributed by atoms with Crippen LogP contribution >= 0.6 is 0 Å². The molecule has 0 saturated carbocycles. The Morgan fingerprint density at radius 2 is 0.947 bits per heavy atom. The normalized spacial score (nSPS) is 12.9. The van der Waals surface area contributed by atoms with Crippen molar-refractivity contribution in [1.29, 1.82) is 0 Å². The molecule has 0 saturated heterocycles. The van der Waals surface area contributed by atoms with Crippen molar-refractivity contribution in [2.24, 2.45) is 0 Å². The van der Waals surface area contributed by atoms with Crippen LogP contribution in [0.2, 0.25) is 0 Å². The van der Waals surface area contributed by atoms with Crippen LogP contribution in [0.4, 0.5) is 0 Å². The summed E-state index contributed by atoms with van der Waals surface area (Å²) in [7, 11) is 0. The van der Waals surface area contributed by atoms with Gasteiger partial charge >= 0.3 is 0 Å². The van der Waals surface area contributed by atoms with E-state index in [1.54, 1.807) is 0 Å². The number of rotatable bonds is 5. The van der Waals surface area contributed by atoms with Crippen LogP contribution < -0.4 is 0 Å². The van der Waals surface area contributed by atoms with Gasteiger partial charge in [0.05, 0.1) is 11.4 Å². The number of benzene rings is 9. The number of hydrogen-bond donors (Lipinski definition) is 0. The van der Waals surface area contributed by atoms with Crippen molar-refractivity contribution in [3.63, 3.8) is 0 Å². The van der Waals surface area contributed by atoms with E-state index in [2.05, 4.69) is 208 Å². The van der Waals surface area contributed by atoms with E-state index in [1.807, 2.05) is 0 Å². The zero-order valence-corrected chi connectivity index (χ0v) is 31.9. The third-order valence-electron chi connectivity index (χ3n) is 12.1. The highest BCUT2D eigenvalue weighted by atomic mass is 14.9. The van der Waals surface area contributed by atoms with Gasteiger partial charge in [-0.15, -0.1) is 0 Å². The first-order valence-corrected chi connectivity index (χ1v) is 19.7. The van der Waals surface area contributed by atoms with Crippen LogP contribution in [0.15, 0.2) is 194 Å². The molecule has 0 N–H and O–H groups in total. The maximum atomic E-state index is 5.42. The van der Waals surface area contributed by atoms with Gasteiger partial charge in [0.15, 0.2) is 5.82 Å². The second-order valence-electron chi connectivity index (χ2n) is 15.7. The first kappa shape index (κ1) is 33.2. The van der Waals surface area contributed by atoms with Crippen molar-refractivity contribution in [3.05, 3.63) is 205 Å². The van der Waals surface area contributed by atoms with E-state index in [0.717, 1.165) is 44.6 Å². The summed E-state index contributed by atoms with van der Waals surface area (Å²) in [5, 5.41) is 7.37. The Morgan fingerprint density at radius 3 is 1.77 bits per heavy atom. The molecule has 9 aromatic carbocycles. The van der Waals surface area contributed by atoms with E-state index in [9.17, 15) is 0 Å². The summed E-state index contributed by atoms with van der Waals surface area (Å²) in [6, 6.07) is 70.0. The van der Waals surface area contributed by atoms with Gasteiger partial charge in [0.25, 0.3) is 0 Å². The maximum absolute atomic E-state index is 5.42. The summed E-state index contributed by atoms with van der Waals surface area (Å²) in [5.41, 5.74) is 15.0. The van der Waals surface area contributed by atoms with Crippen LogP contribution in [0.3, 0.4) is 0 Å². The van der Waals surface area contributed by atoms with Crippen LogP contribution in [0.25, 0.3) is 99.6 Å². The van der Waals surface area contributed by atoms with Crippen LogP contribution in [0.1, 0.15) is 25.0 Å². The van der Waals surface area contributed by atoms with Crippen molar-refractivity contribution in [3.8, 4) is 67.3 Å². The summed E-state index contributed by atoms with van der Waals surface area (Å²) in [6.07, 6.45) is 0. The van der Waals surface area contributed by atoms with Gasteiger partial charge in [-0.25, -0.2) is 9.97 Å². The van der Waals surface area contributed by atoms with Gasteiger partial charge in [0, 0.05) is 22.1 Å². The molecule has 1 aliphatic rings. The predicted octanol–water partition coefficient (Wildman–Crippen LogP) is 14.6. The Bertz CT molecular complexity index is 3210. The fourth-order valence-corrected chi connectivity index (χ4v) is 9.38. The Balaban J connectivity index is 1.11. The Morgan fingerprint density at radius 1 is 0.351 bits per heavy atom. The summed E-state index contributed by atoms with van der Waals surface area (Å²) < 4.78 is 0. The lowest BCUT2D eigenvalue weighted by atomic mass is 9.80. The average molecular weight is 727 g/mol. The fraction of sp³-hybridized carbons (Fsp3) is 0.0545. The average Bonchev–Trinajstić information content (AvgIpc) is 3.52. The first-order chi connectivity index (χ1) is 28.0. The molecule has 0 aliphatic heterocycles. The van der Waals surface area contributed by atoms with Gasteiger partial charge < -0.3 is 0 Å². The third-order valence-corrected chi connectivity index (χ3v) is 12.1. The number of hydrogen-bond acceptors (Lipinski definition) is 2. The third kappa shape index (κ3) is 5.33. The molecular formula is C55H38N2. The molecule has 0 spiro atoms. The zero-order valence-electron chi connectivity index (χ0n) is 31.9. The highest BCUT2D eigenvalue weighted by Crippen LogP contribution is 2.55. The predicted molar refractivity (Wildman–Crippen MR) is 239 cm³/mol. The topological polar surface area (TPSA) is 25.8 Å². The molecule has 1 aromatic heterocycles. The van der Waals surface area contributed by atoms with Crippen molar-refractivity contribution >= 4 is 32.3 Å². The molecule has 1 aliphatic carbocycles. The van der Waals surface area contributed by atoms with Crippen molar-refractivity contribution in [2.45, 2.75) is 19.3 Å². The molecule has 0 radical (unpaired) electrons. The van der Waals surface area contributed by atoms with Gasteiger partial charge in [0.2, 0.25) is 0 Å². The van der Waals surface area contributed by atoms with Crippen LogP contribution in [0.5, 0.6) is 0 Å². The summed E-state index contributed by atoms with van der Waals surface area (Å²) in [5.74, 6) is 0.707. The SMILES string of the molecule is CC1(C)c2cccc(-c3ccc(-c4nc(-c5ccccc5)cc(-c5ccccc5-c5ccc6ccccc6c5)n4)c4ccccc34)c2-c2ccc3ccccc3c21. The Kier molecular flexibility index (Phi) is 7.55. The molecule has 0 amide bonds. The van der Waals surface area contributed by atoms with E-state index in [-0.39, 0.29) is 5.41 Å². The molecule has 268 valence electrons. The highest BCUT2D eigenvalue weighted by molar-refractivity contribution is 6.09. The monoisotopic (exact) mass is 726 g/mol. The molecule has 11 rings (SSSR count). The van der Waals surface area contributed by atoms with E-state index < -0.39 is 0 Å². The lowest BCUT2D eigenvalue weighted by molar-refractivity contribution is 0.666. The summed E-state index contributed by atoms with van der Waals surface area (Å²) in [4.78, 5) is 10.7. The lowest BCUT2D eigenvalue weighted by Gasteiger charge is -2.23. The molecule has 10 aromatic rings. The molecule has 57 heavy (non-hydrogen) atoms. The Labute approximate surface area is 332 Å². The molecule has 2 heteroatoms. The molecule has 0 unspecified atom stereocenters. The highest BCUT2D eigenvalue weighted by Gasteiger charge is 2.38. The molecule has 1 heterocycles. The summed E-state index contributed by atoms with van der Waals surface area (Å²) >= 11 is 0. The van der Waals surface area contributed by atoms with Gasteiger partial charge in [-0.2, -0.15) is 0 Å². The minimum absolute atomic E-state index is 0.136. The molecular weight excluding hydrogens is 689 g/mol. The maximum Gasteiger partial charge on any atom is 0.161 e. The molecule has 2 nitrogen and oxygen atoms in total. The second kappa shape index (κ2) is 13.0. The van der Waals surface area contributed by atoms with Gasteiger partial charge in [0.1, 0.15) is 0 Å². The minimum Gasteiger partial charge on any atom is -0.228 e. The first-order valence-electron chi connectivity index (χ1n) is 19.7. The second-order valence-corrected chi connectivity index (χ2v) is 15.7. The van der Waals surface area contributed by atoms with Gasteiger partial charge in [-0.3, -0.25) is 0 Å². The molecule has 0 bridgehead atoms. The van der Waals surface area contributed by atoms with Crippen LogP contribution in [-0.2, 0) is 5.41 Å². The smallest absolute Gasteiger partial charge is 0.161 e. The molecule has 0 atom stereocenters. The zero-order chi connectivity index (χ0) is 38.1. The van der Waals surface area contributed by atoms with E-state index >= 15 is 0 Å². The van der Waals surface area contributed by atoms with Gasteiger partial charge in [-0.05, 0) is 95.0 Å². The fourth-order valence-electron chi connectivity index (χ4n) is 9.38. The van der Waals surface area contributed by atoms with Crippen molar-refractivity contribution in [1.82, 2.24) is 9.97 Å². The van der Waals surface area contributed by atoms with Gasteiger partial charge in [-0.1, -0.05) is 190 Å². The van der Waals surface area contributed by atoms with Crippen molar-refractivity contribution < 1.29 is 0 Å². The number of aromatic nitrogens is 2. The Hall–Kier alpha value is -7.16. The van der Waals surface area contributed by atoms with Crippen LogP contribution in [0, 0.1) is 0 Å². The standard InChI is InChI=1S/C55H38N2/c1-55(2)49-26-14-25-46(52(49)48-30-29-36-16-8-9-21-41(36)53(48)55)44-31-32-47(43-23-12-11-22-42(43)44)54-56-50(37-17-4-3-5-18-37)34-51(57-54)45-24-13-10-20-40(45)39-28-27-35-15-6-7-19-38(35)33-39/h3-34H,1-2H3. The van der Waals surface area contributed by atoms with E-state index in [1.165, 1.54) is 60.3 Å². The number of fused-ring (bicyclic) bond motifs is 7. The molecule has 0 fully saturated rings. The minimum atomic E-state index is -0.136. The van der Waals surface area contributed by atoms with E-state index in [4.69, 9.17) is 9.97 Å². The lowest BCUT2D eigenvalue weighted by Crippen LogP contribution is -2.15. The summed E-state index contributed by atoms with van der Waals surface area (Å²) in [6.45, 7) is 4.75. The largest absolute Gasteiger partial charge is 0.228 e. The van der Waals surface area contributed by atoms with Crippen LogP contribution in [-0.4, -0.2) is 9.97 Å². The van der Waals surface area contributed by atoms with Crippen molar-refractivity contribution in [2.75, 3.05) is 0 Å². The number of nitrogens with zero attached hydrogens (tertiary/aromatic N) is 2.